The molecule has 2 heterocycles. The van der Waals surface area contributed by atoms with Crippen LogP contribution in [0.15, 0.2) is 59.7 Å². The van der Waals surface area contributed by atoms with Crippen LogP contribution in [-0.2, 0) is 13.5 Å². The van der Waals surface area contributed by atoms with Gasteiger partial charge in [-0.3, -0.25) is 14.6 Å². The number of benzene rings is 1. The van der Waals surface area contributed by atoms with Crippen molar-refractivity contribution in [3.8, 4) is 0 Å². The van der Waals surface area contributed by atoms with Gasteiger partial charge in [0.15, 0.2) is 0 Å². The molecule has 3 rings (SSSR count). The van der Waals surface area contributed by atoms with Gasteiger partial charge >= 0.3 is 0 Å². The lowest BCUT2D eigenvalue weighted by atomic mass is 10.1. The number of pyridine rings is 1. The number of nitrogens with one attached hydrogen (secondary N) is 1. The Kier molecular flexibility index (Phi) is 4.65. The Morgan fingerprint density at radius 1 is 1.20 bits per heavy atom. The molecule has 0 radical (unpaired) electrons. The lowest BCUT2D eigenvalue weighted by Gasteiger charge is -2.06. The molecule has 7 heteroatoms. The molecule has 0 unspecified atom stereocenters. The number of carbonyl (C=O) groups excluding carboxylic acids is 1. The summed E-state index contributed by atoms with van der Waals surface area (Å²) in [5.74, 6) is -0.777. The van der Waals surface area contributed by atoms with Crippen molar-refractivity contribution in [2.45, 2.75) is 6.42 Å². The van der Waals surface area contributed by atoms with Gasteiger partial charge in [-0.25, -0.2) is 9.07 Å². The van der Waals surface area contributed by atoms with Crippen molar-refractivity contribution in [2.75, 3.05) is 5.32 Å². The fourth-order valence-corrected chi connectivity index (χ4v) is 2.33. The number of amides is 1. The van der Waals surface area contributed by atoms with E-state index in [4.69, 9.17) is 0 Å². The fraction of sp³-hybridized carbons (Fsp3) is 0.111. The minimum atomic E-state index is -0.486. The first-order valence-corrected chi connectivity index (χ1v) is 7.56. The molecule has 1 N–H and O–H groups in total. The van der Waals surface area contributed by atoms with Gasteiger partial charge in [-0.2, -0.15) is 5.10 Å². The van der Waals surface area contributed by atoms with Crippen LogP contribution in [0.4, 0.5) is 10.1 Å². The molecule has 0 aliphatic carbocycles. The smallest absolute Gasteiger partial charge is 0.290 e. The fourth-order valence-electron chi connectivity index (χ4n) is 2.33. The molecule has 0 aliphatic rings. The molecule has 25 heavy (non-hydrogen) atoms. The first-order chi connectivity index (χ1) is 12.0. The molecule has 0 aliphatic heterocycles. The predicted octanol–water partition coefficient (Wildman–Crippen LogP) is 2.16. The van der Waals surface area contributed by atoms with Crippen LogP contribution in [0.3, 0.4) is 0 Å². The number of anilines is 1. The molecule has 3 aromatic rings. The van der Waals surface area contributed by atoms with E-state index >= 15 is 0 Å². The van der Waals surface area contributed by atoms with Crippen molar-refractivity contribution in [1.29, 1.82) is 0 Å². The number of aromatic nitrogens is 3. The predicted molar refractivity (Wildman–Crippen MR) is 90.9 cm³/mol. The first-order valence-electron chi connectivity index (χ1n) is 7.56. The van der Waals surface area contributed by atoms with Crippen LogP contribution < -0.4 is 10.9 Å². The van der Waals surface area contributed by atoms with Crippen molar-refractivity contribution in [3.05, 3.63) is 87.9 Å². The van der Waals surface area contributed by atoms with Crippen LogP contribution in [0.1, 0.15) is 21.6 Å². The second-order valence-electron chi connectivity index (χ2n) is 5.49. The number of nitrogens with zero attached hydrogens (tertiary/aromatic N) is 3. The van der Waals surface area contributed by atoms with E-state index in [2.05, 4.69) is 15.4 Å². The maximum Gasteiger partial charge on any atom is 0.290 e. The van der Waals surface area contributed by atoms with Gasteiger partial charge in [0.1, 0.15) is 17.2 Å². The van der Waals surface area contributed by atoms with Gasteiger partial charge in [-0.15, -0.1) is 0 Å². The van der Waals surface area contributed by atoms with Crippen LogP contribution in [0, 0.1) is 5.82 Å². The molecule has 0 bridgehead atoms. The van der Waals surface area contributed by atoms with E-state index in [1.54, 1.807) is 24.4 Å². The summed E-state index contributed by atoms with van der Waals surface area (Å²) in [6.45, 7) is 0. The minimum absolute atomic E-state index is 0.133. The van der Waals surface area contributed by atoms with Gasteiger partial charge in [-0.05, 0) is 41.8 Å². The van der Waals surface area contributed by atoms with Crippen molar-refractivity contribution in [3.63, 3.8) is 0 Å². The minimum Gasteiger partial charge on any atom is -0.316 e. The van der Waals surface area contributed by atoms with Gasteiger partial charge in [0.25, 0.3) is 11.5 Å². The van der Waals surface area contributed by atoms with Gasteiger partial charge in [0.05, 0.1) is 0 Å². The molecule has 0 saturated heterocycles. The van der Waals surface area contributed by atoms with E-state index in [9.17, 15) is 14.0 Å². The van der Waals surface area contributed by atoms with E-state index in [1.165, 1.54) is 31.4 Å². The standard InChI is InChI=1S/C18H15FN4O2/c1-23-18(25)16(7-8-21-23)22-17(24)15-6-5-13(11-20-15)9-12-3-2-4-14(19)10-12/h2-8,10-11H,9H2,1H3,(H,22,24). The Bertz CT molecular complexity index is 967. The Labute approximate surface area is 143 Å². The monoisotopic (exact) mass is 338 g/mol. The number of hydrogen-bond acceptors (Lipinski definition) is 4. The number of hydrogen-bond donors (Lipinski definition) is 1. The van der Waals surface area contributed by atoms with Crippen molar-refractivity contribution < 1.29 is 9.18 Å². The van der Waals surface area contributed by atoms with Gasteiger partial charge in [0.2, 0.25) is 0 Å². The van der Waals surface area contributed by atoms with Gasteiger partial charge in [-0.1, -0.05) is 18.2 Å². The Balaban J connectivity index is 1.72. The summed E-state index contributed by atoms with van der Waals surface area (Å²) < 4.78 is 14.3. The van der Waals surface area contributed by atoms with Crippen molar-refractivity contribution in [1.82, 2.24) is 14.8 Å². The van der Waals surface area contributed by atoms with Crippen LogP contribution in [-0.4, -0.2) is 20.7 Å². The number of aryl methyl sites for hydroxylation is 1. The summed E-state index contributed by atoms with van der Waals surface area (Å²) in [4.78, 5) is 28.2. The summed E-state index contributed by atoms with van der Waals surface area (Å²) in [7, 11) is 1.50. The highest BCUT2D eigenvalue weighted by Crippen LogP contribution is 2.11. The Morgan fingerprint density at radius 3 is 2.76 bits per heavy atom. The normalized spacial score (nSPS) is 10.5. The molecule has 126 valence electrons. The highest BCUT2D eigenvalue weighted by molar-refractivity contribution is 6.02. The van der Waals surface area contributed by atoms with Crippen LogP contribution in [0.5, 0.6) is 0 Å². The van der Waals surface area contributed by atoms with E-state index in [-0.39, 0.29) is 17.2 Å². The maximum absolute atomic E-state index is 13.2. The van der Waals surface area contributed by atoms with Gasteiger partial charge in [0, 0.05) is 19.4 Å². The number of carbonyl (C=O) groups is 1. The third-order valence-electron chi connectivity index (χ3n) is 3.61. The molecular formula is C18H15FN4O2. The summed E-state index contributed by atoms with van der Waals surface area (Å²) in [5, 5.41) is 6.31. The maximum atomic E-state index is 13.2. The summed E-state index contributed by atoms with van der Waals surface area (Å²) in [5.41, 5.74) is 1.58. The van der Waals surface area contributed by atoms with Gasteiger partial charge < -0.3 is 5.32 Å². The average Bonchev–Trinajstić information content (AvgIpc) is 2.59. The SMILES string of the molecule is Cn1nccc(NC(=O)c2ccc(Cc3cccc(F)c3)cn2)c1=O. The van der Waals surface area contributed by atoms with Crippen molar-refractivity contribution in [2.24, 2.45) is 7.05 Å². The average molecular weight is 338 g/mol. The van der Waals surface area contributed by atoms with Crippen LogP contribution in [0.2, 0.25) is 0 Å². The number of halogens is 1. The summed E-state index contributed by atoms with van der Waals surface area (Å²) in [6, 6.07) is 11.1. The van der Waals surface area contributed by atoms with E-state index in [0.717, 1.165) is 15.8 Å². The zero-order valence-electron chi connectivity index (χ0n) is 13.4. The molecule has 6 nitrogen and oxygen atoms in total. The third-order valence-corrected chi connectivity index (χ3v) is 3.61. The molecular weight excluding hydrogens is 323 g/mol. The first kappa shape index (κ1) is 16.5. The topological polar surface area (TPSA) is 76.9 Å². The van der Waals surface area contributed by atoms with E-state index in [1.807, 2.05) is 6.07 Å². The largest absolute Gasteiger partial charge is 0.316 e. The van der Waals surface area contributed by atoms with E-state index in [0.29, 0.717) is 6.42 Å². The molecule has 0 atom stereocenters. The van der Waals surface area contributed by atoms with Crippen LogP contribution in [0.25, 0.3) is 0 Å². The Morgan fingerprint density at radius 2 is 2.04 bits per heavy atom. The lowest BCUT2D eigenvalue weighted by molar-refractivity contribution is 0.102. The molecule has 2 aromatic heterocycles. The van der Waals surface area contributed by atoms with Crippen LogP contribution >= 0.6 is 0 Å². The third kappa shape index (κ3) is 3.95. The molecule has 0 saturated carbocycles. The quantitative estimate of drug-likeness (QED) is 0.791. The zero-order chi connectivity index (χ0) is 17.8. The zero-order valence-corrected chi connectivity index (χ0v) is 13.4. The summed E-state index contributed by atoms with van der Waals surface area (Å²) >= 11 is 0. The summed E-state index contributed by atoms with van der Waals surface area (Å²) in [6.07, 6.45) is 3.49. The molecule has 1 aromatic carbocycles. The molecule has 1 amide bonds. The molecule has 0 spiro atoms. The second kappa shape index (κ2) is 7.04. The molecule has 0 fully saturated rings. The number of rotatable bonds is 4. The lowest BCUT2D eigenvalue weighted by Crippen LogP contribution is -2.25. The second-order valence-corrected chi connectivity index (χ2v) is 5.49. The van der Waals surface area contributed by atoms with Crippen molar-refractivity contribution >= 4 is 11.6 Å². The Hall–Kier alpha value is -3.35. The highest BCUT2D eigenvalue weighted by atomic mass is 19.1. The highest BCUT2D eigenvalue weighted by Gasteiger charge is 2.11. The van der Waals surface area contributed by atoms with E-state index < -0.39 is 11.5 Å².